The standard InChI is InChI=1S/C16H23N3/c1-11(2)15-7-5-14(6-8-15)9-17-10-16-12(3)18-19-13(16)4/h5-8,11,17H,9-10H2,1-4H3,(H,18,19). The topological polar surface area (TPSA) is 40.7 Å². The number of H-pyrrole nitrogens is 1. The first-order chi connectivity index (χ1) is 9.08. The number of rotatable bonds is 5. The van der Waals surface area contributed by atoms with Gasteiger partial charge in [-0.25, -0.2) is 0 Å². The third-order valence-electron chi connectivity index (χ3n) is 3.56. The van der Waals surface area contributed by atoms with Gasteiger partial charge in [-0.1, -0.05) is 38.1 Å². The average Bonchev–Trinajstić information content (AvgIpc) is 2.71. The van der Waals surface area contributed by atoms with Gasteiger partial charge in [0.1, 0.15) is 0 Å². The van der Waals surface area contributed by atoms with E-state index in [-0.39, 0.29) is 0 Å². The second-order valence-corrected chi connectivity index (χ2v) is 5.41. The molecule has 0 atom stereocenters. The number of hydrogen-bond donors (Lipinski definition) is 2. The molecule has 0 spiro atoms. The molecule has 0 aliphatic rings. The summed E-state index contributed by atoms with van der Waals surface area (Å²) < 4.78 is 0. The Balaban J connectivity index is 1.89. The molecule has 0 saturated heterocycles. The van der Waals surface area contributed by atoms with Crippen molar-refractivity contribution in [1.29, 1.82) is 0 Å². The summed E-state index contributed by atoms with van der Waals surface area (Å²) in [5.41, 5.74) is 6.23. The van der Waals surface area contributed by atoms with Gasteiger partial charge in [-0.2, -0.15) is 5.10 Å². The minimum absolute atomic E-state index is 0.596. The van der Waals surface area contributed by atoms with Crippen LogP contribution in [0.15, 0.2) is 24.3 Å². The van der Waals surface area contributed by atoms with E-state index in [0.717, 1.165) is 24.5 Å². The molecule has 2 aromatic rings. The number of aryl methyl sites for hydroxylation is 2. The molecule has 0 fully saturated rings. The first-order valence-corrected chi connectivity index (χ1v) is 6.88. The van der Waals surface area contributed by atoms with Crippen molar-refractivity contribution in [2.24, 2.45) is 0 Å². The molecule has 0 amide bonds. The number of benzene rings is 1. The quantitative estimate of drug-likeness (QED) is 0.861. The van der Waals surface area contributed by atoms with Crippen LogP contribution in [0.2, 0.25) is 0 Å². The van der Waals surface area contributed by atoms with Gasteiger partial charge < -0.3 is 5.32 Å². The van der Waals surface area contributed by atoms with Crippen LogP contribution in [0.1, 0.15) is 47.8 Å². The summed E-state index contributed by atoms with van der Waals surface area (Å²) >= 11 is 0. The Hall–Kier alpha value is -1.61. The summed E-state index contributed by atoms with van der Waals surface area (Å²) in [6, 6.07) is 8.85. The Labute approximate surface area is 115 Å². The zero-order valence-corrected chi connectivity index (χ0v) is 12.2. The van der Waals surface area contributed by atoms with E-state index in [1.165, 1.54) is 16.7 Å². The first kappa shape index (κ1) is 13.8. The van der Waals surface area contributed by atoms with Crippen LogP contribution in [0.25, 0.3) is 0 Å². The number of aromatic amines is 1. The summed E-state index contributed by atoms with van der Waals surface area (Å²) in [5, 5.41) is 10.7. The second-order valence-electron chi connectivity index (χ2n) is 5.41. The third-order valence-corrected chi connectivity index (χ3v) is 3.56. The lowest BCUT2D eigenvalue weighted by Crippen LogP contribution is -2.13. The van der Waals surface area contributed by atoms with Crippen molar-refractivity contribution < 1.29 is 0 Å². The van der Waals surface area contributed by atoms with Gasteiger partial charge in [0.15, 0.2) is 0 Å². The molecule has 0 saturated carbocycles. The van der Waals surface area contributed by atoms with Crippen LogP contribution >= 0.6 is 0 Å². The van der Waals surface area contributed by atoms with E-state index in [9.17, 15) is 0 Å². The second kappa shape index (κ2) is 6.02. The Morgan fingerprint density at radius 2 is 1.79 bits per heavy atom. The predicted octanol–water partition coefficient (Wildman–Crippen LogP) is 3.44. The smallest absolute Gasteiger partial charge is 0.0638 e. The molecular formula is C16H23N3. The SMILES string of the molecule is Cc1n[nH]c(C)c1CNCc1ccc(C(C)C)cc1. The molecule has 0 bridgehead atoms. The highest BCUT2D eigenvalue weighted by molar-refractivity contribution is 5.25. The fourth-order valence-corrected chi connectivity index (χ4v) is 2.19. The molecule has 1 heterocycles. The van der Waals surface area contributed by atoms with Gasteiger partial charge in [0, 0.05) is 24.3 Å². The summed E-state index contributed by atoms with van der Waals surface area (Å²) in [6.45, 7) is 10.3. The zero-order chi connectivity index (χ0) is 13.8. The Morgan fingerprint density at radius 3 is 2.32 bits per heavy atom. The summed E-state index contributed by atoms with van der Waals surface area (Å²) in [4.78, 5) is 0. The van der Waals surface area contributed by atoms with Gasteiger partial charge in [-0.15, -0.1) is 0 Å². The van der Waals surface area contributed by atoms with Crippen molar-refractivity contribution in [1.82, 2.24) is 15.5 Å². The van der Waals surface area contributed by atoms with Gasteiger partial charge in [-0.3, -0.25) is 5.10 Å². The van der Waals surface area contributed by atoms with Crippen molar-refractivity contribution in [3.63, 3.8) is 0 Å². The van der Waals surface area contributed by atoms with Crippen LogP contribution in [0.3, 0.4) is 0 Å². The molecule has 0 aliphatic carbocycles. The summed E-state index contributed by atoms with van der Waals surface area (Å²) in [6.07, 6.45) is 0. The minimum Gasteiger partial charge on any atom is -0.308 e. The molecule has 19 heavy (non-hydrogen) atoms. The maximum absolute atomic E-state index is 4.21. The molecule has 0 radical (unpaired) electrons. The van der Waals surface area contributed by atoms with E-state index < -0.39 is 0 Å². The van der Waals surface area contributed by atoms with E-state index in [4.69, 9.17) is 0 Å². The number of nitrogens with one attached hydrogen (secondary N) is 2. The van der Waals surface area contributed by atoms with Crippen molar-refractivity contribution in [3.8, 4) is 0 Å². The Bertz CT molecular complexity index is 504. The van der Waals surface area contributed by atoms with Crippen molar-refractivity contribution in [2.75, 3.05) is 0 Å². The lowest BCUT2D eigenvalue weighted by Gasteiger charge is -2.08. The van der Waals surface area contributed by atoms with Gasteiger partial charge in [0.05, 0.1) is 5.69 Å². The highest BCUT2D eigenvalue weighted by Crippen LogP contribution is 2.15. The van der Waals surface area contributed by atoms with Crippen molar-refractivity contribution in [2.45, 2.75) is 46.7 Å². The van der Waals surface area contributed by atoms with Crippen molar-refractivity contribution >= 4 is 0 Å². The maximum atomic E-state index is 4.21. The fourth-order valence-electron chi connectivity index (χ4n) is 2.19. The number of aromatic nitrogens is 2. The number of hydrogen-bond acceptors (Lipinski definition) is 2. The van der Waals surface area contributed by atoms with Gasteiger partial charge >= 0.3 is 0 Å². The molecule has 2 N–H and O–H groups in total. The first-order valence-electron chi connectivity index (χ1n) is 6.88. The highest BCUT2D eigenvalue weighted by atomic mass is 15.1. The lowest BCUT2D eigenvalue weighted by atomic mass is 10.0. The van der Waals surface area contributed by atoms with Gasteiger partial charge in [0.25, 0.3) is 0 Å². The van der Waals surface area contributed by atoms with Crippen LogP contribution in [-0.2, 0) is 13.1 Å². The van der Waals surface area contributed by atoms with Crippen LogP contribution < -0.4 is 5.32 Å². The Kier molecular flexibility index (Phi) is 4.38. The molecule has 0 unspecified atom stereocenters. The summed E-state index contributed by atoms with van der Waals surface area (Å²) in [5.74, 6) is 0.596. The molecule has 3 nitrogen and oxygen atoms in total. The molecule has 1 aromatic heterocycles. The lowest BCUT2D eigenvalue weighted by molar-refractivity contribution is 0.687. The largest absolute Gasteiger partial charge is 0.308 e. The average molecular weight is 257 g/mol. The van der Waals surface area contributed by atoms with E-state index in [2.05, 4.69) is 60.6 Å². The summed E-state index contributed by atoms with van der Waals surface area (Å²) in [7, 11) is 0. The van der Waals surface area contributed by atoms with Crippen LogP contribution in [0, 0.1) is 13.8 Å². The van der Waals surface area contributed by atoms with Crippen LogP contribution in [-0.4, -0.2) is 10.2 Å². The molecular weight excluding hydrogens is 234 g/mol. The normalized spacial score (nSPS) is 11.2. The van der Waals surface area contributed by atoms with Crippen LogP contribution in [0.4, 0.5) is 0 Å². The van der Waals surface area contributed by atoms with Gasteiger partial charge in [-0.05, 0) is 30.9 Å². The molecule has 3 heteroatoms. The monoisotopic (exact) mass is 257 g/mol. The fraction of sp³-hybridized carbons (Fsp3) is 0.438. The predicted molar refractivity (Wildman–Crippen MR) is 79.1 cm³/mol. The van der Waals surface area contributed by atoms with Gasteiger partial charge in [0.2, 0.25) is 0 Å². The molecule has 102 valence electrons. The number of nitrogens with zero attached hydrogens (tertiary/aromatic N) is 1. The van der Waals surface area contributed by atoms with Crippen LogP contribution in [0.5, 0.6) is 0 Å². The molecule has 0 aliphatic heterocycles. The third kappa shape index (κ3) is 3.44. The van der Waals surface area contributed by atoms with E-state index in [1.54, 1.807) is 0 Å². The zero-order valence-electron chi connectivity index (χ0n) is 12.2. The molecule has 2 rings (SSSR count). The van der Waals surface area contributed by atoms with Crippen molar-refractivity contribution in [3.05, 3.63) is 52.3 Å². The molecule has 1 aromatic carbocycles. The highest BCUT2D eigenvalue weighted by Gasteiger charge is 2.05. The minimum atomic E-state index is 0.596. The van der Waals surface area contributed by atoms with E-state index >= 15 is 0 Å². The van der Waals surface area contributed by atoms with E-state index in [0.29, 0.717) is 5.92 Å². The van der Waals surface area contributed by atoms with E-state index in [1.807, 2.05) is 6.92 Å². The maximum Gasteiger partial charge on any atom is 0.0638 e. The Morgan fingerprint density at radius 1 is 1.11 bits per heavy atom.